The van der Waals surface area contributed by atoms with Crippen LogP contribution in [0, 0.1) is 23.2 Å². The van der Waals surface area contributed by atoms with Crippen LogP contribution in [-0.2, 0) is 9.53 Å². The van der Waals surface area contributed by atoms with E-state index in [2.05, 4.69) is 6.07 Å². The Kier molecular flexibility index (Phi) is 9.60. The Morgan fingerprint density at radius 3 is 2.06 bits per heavy atom. The van der Waals surface area contributed by atoms with Gasteiger partial charge in [-0.05, 0) is 48.4 Å². The third-order valence-electron chi connectivity index (χ3n) is 5.14. The molecule has 0 radical (unpaired) electrons. The van der Waals surface area contributed by atoms with Crippen molar-refractivity contribution >= 4 is 29.2 Å². The van der Waals surface area contributed by atoms with Crippen LogP contribution in [0.15, 0.2) is 95.5 Å². The molecule has 3 rings (SSSR count). The molecule has 0 spiro atoms. The second-order valence-corrected chi connectivity index (χ2v) is 9.06. The lowest BCUT2D eigenvalue weighted by Crippen LogP contribution is -2.37. The van der Waals surface area contributed by atoms with Crippen LogP contribution in [0.4, 0.5) is 0 Å². The van der Waals surface area contributed by atoms with Crippen molar-refractivity contribution in [3.8, 4) is 23.3 Å². The molecule has 0 amide bonds. The minimum atomic E-state index is -1.14. The van der Waals surface area contributed by atoms with Gasteiger partial charge in [0, 0.05) is 5.56 Å². The van der Waals surface area contributed by atoms with Crippen LogP contribution in [0.25, 0.3) is 0 Å². The molecule has 35 heavy (non-hydrogen) atoms. The lowest BCUT2D eigenvalue weighted by atomic mass is 9.90. The first-order valence-electron chi connectivity index (χ1n) is 11.0. The summed E-state index contributed by atoms with van der Waals surface area (Å²) in [6, 6.07) is 27.2. The van der Waals surface area contributed by atoms with Gasteiger partial charge in [-0.15, -0.1) is 0 Å². The van der Waals surface area contributed by atoms with Gasteiger partial charge in [-0.2, -0.15) is 5.26 Å². The predicted molar refractivity (Wildman–Crippen MR) is 136 cm³/mol. The zero-order valence-corrected chi connectivity index (χ0v) is 20.8. The zero-order chi connectivity index (χ0) is 25.2. The molecule has 0 heterocycles. The Balaban J connectivity index is 1.81. The van der Waals surface area contributed by atoms with Gasteiger partial charge in [0.15, 0.2) is 0 Å². The van der Waals surface area contributed by atoms with Crippen LogP contribution < -0.4 is 9.47 Å². The van der Waals surface area contributed by atoms with Gasteiger partial charge in [0.25, 0.3) is 0 Å². The van der Waals surface area contributed by atoms with Crippen LogP contribution in [0.5, 0.6) is 17.2 Å². The number of halogens is 2. The molecular weight excluding hydrogens is 485 g/mol. The molecule has 5 nitrogen and oxygen atoms in total. The van der Waals surface area contributed by atoms with E-state index in [0.717, 1.165) is 0 Å². The Morgan fingerprint density at radius 1 is 0.886 bits per heavy atom. The summed E-state index contributed by atoms with van der Waals surface area (Å²) in [7, 11) is 0. The second-order valence-electron chi connectivity index (χ2n) is 8.06. The number of carbonyl (C=O) groups excluding carboxylic acids is 1. The summed E-state index contributed by atoms with van der Waals surface area (Å²) in [6.45, 7) is 3.72. The van der Waals surface area contributed by atoms with Gasteiger partial charge >= 0.3 is 5.97 Å². The number of hydrogen-bond acceptors (Lipinski definition) is 5. The van der Waals surface area contributed by atoms with Gasteiger partial charge < -0.3 is 14.2 Å². The van der Waals surface area contributed by atoms with Crippen molar-refractivity contribution < 1.29 is 19.0 Å². The second kappa shape index (κ2) is 12.9. The number of nitriles is 1. The standard InChI is InChI=1S/C28H25Cl2NO4/c1-19(2)27(24(17-26(29)30)34-22-13-7-4-8-14-22)28(32)35-25(18-31)20-10-9-15-23(16-20)33-21-11-5-3-6-12-21/h3-17,19,24-25,27H,1-2H3. The molecule has 3 atom stereocenters. The highest BCUT2D eigenvalue weighted by Gasteiger charge is 2.35. The predicted octanol–water partition coefficient (Wildman–Crippen LogP) is 7.63. The van der Waals surface area contributed by atoms with E-state index in [-0.39, 0.29) is 10.4 Å². The maximum absolute atomic E-state index is 13.3. The van der Waals surface area contributed by atoms with Crippen molar-refractivity contribution in [1.82, 2.24) is 0 Å². The van der Waals surface area contributed by atoms with Crippen LogP contribution in [0.1, 0.15) is 25.5 Å². The van der Waals surface area contributed by atoms with E-state index in [1.165, 1.54) is 6.08 Å². The van der Waals surface area contributed by atoms with Gasteiger partial charge in [-0.1, -0.05) is 85.6 Å². The van der Waals surface area contributed by atoms with Gasteiger partial charge in [0.1, 0.15) is 33.9 Å². The number of carbonyl (C=O) groups is 1. The maximum Gasteiger partial charge on any atom is 0.314 e. The molecule has 0 saturated carbocycles. The van der Waals surface area contributed by atoms with Gasteiger partial charge in [-0.3, -0.25) is 4.79 Å². The molecule has 7 heteroatoms. The molecule has 3 aromatic carbocycles. The van der Waals surface area contributed by atoms with E-state index in [4.69, 9.17) is 37.4 Å². The summed E-state index contributed by atoms with van der Waals surface area (Å²) in [5.41, 5.74) is 0.489. The highest BCUT2D eigenvalue weighted by Crippen LogP contribution is 2.30. The number of benzene rings is 3. The molecule has 0 aliphatic rings. The number of para-hydroxylation sites is 2. The van der Waals surface area contributed by atoms with Crippen molar-refractivity contribution in [1.29, 1.82) is 5.26 Å². The van der Waals surface area contributed by atoms with E-state index >= 15 is 0 Å². The molecule has 3 unspecified atom stereocenters. The summed E-state index contributed by atoms with van der Waals surface area (Å²) in [4.78, 5) is 13.3. The molecular formula is C28H25Cl2NO4. The zero-order valence-electron chi connectivity index (χ0n) is 19.3. The van der Waals surface area contributed by atoms with Crippen LogP contribution in [0.3, 0.4) is 0 Å². The molecule has 0 fully saturated rings. The lowest BCUT2D eigenvalue weighted by molar-refractivity contribution is -0.156. The first-order valence-corrected chi connectivity index (χ1v) is 11.8. The molecule has 0 aliphatic carbocycles. The average molecular weight is 510 g/mol. The number of ether oxygens (including phenoxy) is 3. The van der Waals surface area contributed by atoms with E-state index < -0.39 is 24.1 Å². The van der Waals surface area contributed by atoms with Crippen molar-refractivity contribution in [3.63, 3.8) is 0 Å². The first kappa shape index (κ1) is 26.2. The molecule has 180 valence electrons. The van der Waals surface area contributed by atoms with Gasteiger partial charge in [0.2, 0.25) is 6.10 Å². The summed E-state index contributed by atoms with van der Waals surface area (Å²) < 4.78 is 17.5. The minimum Gasteiger partial charge on any atom is -0.485 e. The summed E-state index contributed by atoms with van der Waals surface area (Å²) >= 11 is 11.9. The van der Waals surface area contributed by atoms with E-state index in [1.807, 2.05) is 62.4 Å². The Bertz CT molecular complexity index is 1170. The number of hydrogen-bond donors (Lipinski definition) is 0. The largest absolute Gasteiger partial charge is 0.485 e. The molecule has 0 aromatic heterocycles. The maximum atomic E-state index is 13.3. The fourth-order valence-corrected chi connectivity index (χ4v) is 3.75. The normalized spacial score (nSPS) is 13.1. The summed E-state index contributed by atoms with van der Waals surface area (Å²) in [5.74, 6) is 0.139. The highest BCUT2D eigenvalue weighted by atomic mass is 35.5. The van der Waals surface area contributed by atoms with Crippen molar-refractivity contribution in [2.45, 2.75) is 26.1 Å². The average Bonchev–Trinajstić information content (AvgIpc) is 2.83. The fourth-order valence-electron chi connectivity index (χ4n) is 3.51. The minimum absolute atomic E-state index is 0.0352. The number of nitrogens with zero attached hydrogens (tertiary/aromatic N) is 1. The third kappa shape index (κ3) is 7.78. The third-order valence-corrected chi connectivity index (χ3v) is 5.39. The SMILES string of the molecule is CC(C)C(C(=O)OC(C#N)c1cccc(Oc2ccccc2)c1)C(C=C(Cl)Cl)Oc1ccccc1. The summed E-state index contributed by atoms with van der Waals surface area (Å²) in [5, 5.41) is 9.80. The van der Waals surface area contributed by atoms with Crippen LogP contribution in [-0.4, -0.2) is 12.1 Å². The molecule has 0 saturated heterocycles. The Labute approximate surface area is 215 Å². The fraction of sp³-hybridized carbons (Fsp3) is 0.214. The molecule has 0 N–H and O–H groups in total. The van der Waals surface area contributed by atoms with Crippen molar-refractivity contribution in [2.75, 3.05) is 0 Å². The van der Waals surface area contributed by atoms with Crippen molar-refractivity contribution in [2.24, 2.45) is 11.8 Å². The van der Waals surface area contributed by atoms with Gasteiger partial charge in [0.05, 0.1) is 5.92 Å². The number of rotatable bonds is 10. The smallest absolute Gasteiger partial charge is 0.314 e. The van der Waals surface area contributed by atoms with Crippen LogP contribution in [0.2, 0.25) is 0 Å². The lowest BCUT2D eigenvalue weighted by Gasteiger charge is -2.28. The molecule has 0 bridgehead atoms. The first-order chi connectivity index (χ1) is 16.9. The Morgan fingerprint density at radius 2 is 1.49 bits per heavy atom. The van der Waals surface area contributed by atoms with Gasteiger partial charge in [-0.25, -0.2) is 0 Å². The van der Waals surface area contributed by atoms with E-state index in [0.29, 0.717) is 22.8 Å². The Hall–Kier alpha value is -3.46. The molecule has 3 aromatic rings. The topological polar surface area (TPSA) is 68.6 Å². The quantitative estimate of drug-likeness (QED) is 0.263. The molecule has 0 aliphatic heterocycles. The van der Waals surface area contributed by atoms with E-state index in [9.17, 15) is 10.1 Å². The number of esters is 1. The van der Waals surface area contributed by atoms with Crippen molar-refractivity contribution in [3.05, 3.63) is 101 Å². The highest BCUT2D eigenvalue weighted by molar-refractivity contribution is 6.55. The van der Waals surface area contributed by atoms with E-state index in [1.54, 1.807) is 36.4 Å². The monoisotopic (exact) mass is 509 g/mol. The van der Waals surface area contributed by atoms with Crippen LogP contribution >= 0.6 is 23.2 Å². The summed E-state index contributed by atoms with van der Waals surface area (Å²) in [6.07, 6.45) is -0.490.